The van der Waals surface area contributed by atoms with E-state index in [1.165, 1.54) is 6.92 Å². The second-order valence-electron chi connectivity index (χ2n) is 18.5. The molecule has 0 radical (unpaired) electrons. The van der Waals surface area contributed by atoms with Crippen molar-refractivity contribution in [1.29, 1.82) is 0 Å². The number of ether oxygens (including phenoxy) is 3. The van der Waals surface area contributed by atoms with Gasteiger partial charge in [-0.1, -0.05) is 67.9 Å². The van der Waals surface area contributed by atoms with Crippen LogP contribution in [0.25, 0.3) is 0 Å². The predicted molar refractivity (Wildman–Crippen MR) is 186 cm³/mol. The first-order valence-electron chi connectivity index (χ1n) is 18.7. The molecule has 0 aromatic heterocycles. The molecular formula is C40H65NO7. The van der Waals surface area contributed by atoms with Gasteiger partial charge in [0.2, 0.25) is 0 Å². The molecule has 5 aliphatic rings. The predicted octanol–water partition coefficient (Wildman–Crippen LogP) is 7.09. The van der Waals surface area contributed by atoms with Gasteiger partial charge in [0.05, 0.1) is 25.2 Å². The highest BCUT2D eigenvalue weighted by Gasteiger charge is 2.75. The Morgan fingerprint density at radius 3 is 2.29 bits per heavy atom. The highest BCUT2D eigenvalue weighted by atomic mass is 16.6. The second kappa shape index (κ2) is 12.2. The van der Waals surface area contributed by atoms with E-state index in [2.05, 4.69) is 74.6 Å². The van der Waals surface area contributed by atoms with Gasteiger partial charge in [-0.15, -0.1) is 0 Å². The lowest BCUT2D eigenvalue weighted by atomic mass is 9.33. The molecule has 8 nitrogen and oxygen atoms in total. The van der Waals surface area contributed by atoms with Gasteiger partial charge in [0.15, 0.2) is 5.78 Å². The fourth-order valence-corrected chi connectivity index (χ4v) is 12.1. The Morgan fingerprint density at radius 1 is 1.10 bits per heavy atom. The highest BCUT2D eigenvalue weighted by Crippen LogP contribution is 2.75. The number of fused-ring (bicyclic) bond motifs is 3. The van der Waals surface area contributed by atoms with Crippen molar-refractivity contribution < 1.29 is 33.7 Å². The number of aliphatic carboxylic acids is 1. The zero-order valence-electron chi connectivity index (χ0n) is 32.1. The lowest BCUT2D eigenvalue weighted by molar-refractivity contribution is -0.287. The third kappa shape index (κ3) is 4.95. The Hall–Kier alpha value is -1.77. The van der Waals surface area contributed by atoms with Crippen LogP contribution in [0, 0.1) is 62.6 Å². The highest BCUT2D eigenvalue weighted by molar-refractivity contribution is 6.00. The van der Waals surface area contributed by atoms with E-state index in [1.54, 1.807) is 0 Å². The SMILES string of the molecule is CN[C@@](C)(CO[C@H]1[C@H](OC(C)=O)C[C@]23C4=CC(=O)[C@@]5(C)[C@H](C(=O)O)[C@@](C)([C@H](C)C(C)C)CC[C@]5(C)[C@H]4CC[C@H]2[C@@]1(C)CO[C@H]3C)C(C)C. The van der Waals surface area contributed by atoms with Crippen LogP contribution in [0.3, 0.4) is 0 Å². The standard InChI is InChI=1S/C40H65NO7/c1-22(2)24(5)35(8)16-17-37(10)27-14-15-30-36(9)20-46-25(6)40(30,28(27)18-31(43)39(37,12)32(35)34(44)45)19-29(48-26(7)42)33(36)47-21-38(11,41-13)23(3)4/h18,22-25,27,29-30,32-33,41H,14-17,19-21H2,1-13H3,(H,44,45)/t24-,25+,27+,29-,30+,32-,33+,35-,36-,37-,38+,39+,40+/m1/s1. The topological polar surface area (TPSA) is 111 Å². The minimum atomic E-state index is -1.06. The van der Waals surface area contributed by atoms with Gasteiger partial charge in [-0.25, -0.2) is 0 Å². The first-order chi connectivity index (χ1) is 22.1. The maximum Gasteiger partial charge on any atom is 0.308 e. The van der Waals surface area contributed by atoms with Crippen molar-refractivity contribution in [3.8, 4) is 0 Å². The van der Waals surface area contributed by atoms with Crippen molar-refractivity contribution in [3.05, 3.63) is 11.6 Å². The van der Waals surface area contributed by atoms with Crippen LogP contribution in [0.4, 0.5) is 0 Å². The molecule has 0 spiro atoms. The summed E-state index contributed by atoms with van der Waals surface area (Å²) in [5, 5.41) is 14.4. The van der Waals surface area contributed by atoms with E-state index in [-0.39, 0.29) is 47.3 Å². The largest absolute Gasteiger partial charge is 0.481 e. The Kier molecular flexibility index (Phi) is 9.51. The first-order valence-corrected chi connectivity index (χ1v) is 18.7. The molecule has 5 rings (SSSR count). The molecule has 0 aromatic rings. The van der Waals surface area contributed by atoms with Crippen LogP contribution >= 0.6 is 0 Å². The Morgan fingerprint density at radius 2 is 1.75 bits per heavy atom. The normalized spacial score (nSPS) is 45.7. The number of carbonyl (C=O) groups excluding carboxylic acids is 2. The lowest BCUT2D eigenvalue weighted by Crippen LogP contribution is -2.73. The van der Waals surface area contributed by atoms with E-state index in [9.17, 15) is 19.5 Å². The average Bonchev–Trinajstić information content (AvgIpc) is 2.99. The molecule has 2 bridgehead atoms. The summed E-state index contributed by atoms with van der Waals surface area (Å²) in [6.07, 6.45) is 4.66. The summed E-state index contributed by atoms with van der Waals surface area (Å²) in [7, 11) is 1.96. The molecule has 13 atom stereocenters. The summed E-state index contributed by atoms with van der Waals surface area (Å²) >= 11 is 0. The summed E-state index contributed by atoms with van der Waals surface area (Å²) in [5.74, 6) is -1.14. The van der Waals surface area contributed by atoms with Crippen molar-refractivity contribution >= 4 is 17.7 Å². The zero-order valence-corrected chi connectivity index (χ0v) is 32.1. The maximum atomic E-state index is 15.0. The Bertz CT molecular complexity index is 1340. The van der Waals surface area contributed by atoms with E-state index in [1.807, 2.05) is 20.0 Å². The molecular weight excluding hydrogens is 606 g/mol. The number of hydrogen-bond donors (Lipinski definition) is 2. The number of carboxylic acids is 1. The van der Waals surface area contributed by atoms with E-state index in [0.29, 0.717) is 31.5 Å². The van der Waals surface area contributed by atoms with Crippen LogP contribution in [-0.2, 0) is 28.6 Å². The summed E-state index contributed by atoms with van der Waals surface area (Å²) in [5.41, 5.74) is -2.29. The minimum absolute atomic E-state index is 0.0228. The monoisotopic (exact) mass is 671 g/mol. The number of rotatable bonds is 9. The summed E-state index contributed by atoms with van der Waals surface area (Å²) in [6.45, 7) is 26.1. The lowest BCUT2D eigenvalue weighted by Gasteiger charge is -2.71. The molecule has 0 unspecified atom stereocenters. The molecule has 0 amide bonds. The smallest absolute Gasteiger partial charge is 0.308 e. The van der Waals surface area contributed by atoms with Crippen LogP contribution < -0.4 is 5.32 Å². The molecule has 3 saturated carbocycles. The molecule has 4 aliphatic carbocycles. The molecule has 4 fully saturated rings. The van der Waals surface area contributed by atoms with Crippen LogP contribution in [-0.4, -0.2) is 66.9 Å². The quantitative estimate of drug-likeness (QED) is 0.250. The summed E-state index contributed by atoms with van der Waals surface area (Å²) in [6, 6.07) is 0. The second-order valence-corrected chi connectivity index (χ2v) is 18.5. The third-order valence-electron chi connectivity index (χ3n) is 16.2. The number of carboxylic acid groups (broad SMARTS) is 1. The molecule has 8 heteroatoms. The Balaban J connectivity index is 1.64. The number of likely N-dealkylation sites (N-methyl/N-ethyl adjacent to an activating group) is 1. The molecule has 1 saturated heterocycles. The number of ketones is 1. The third-order valence-corrected chi connectivity index (χ3v) is 16.2. The number of nitrogens with one attached hydrogen (secondary N) is 1. The van der Waals surface area contributed by atoms with E-state index in [4.69, 9.17) is 14.2 Å². The molecule has 272 valence electrons. The molecule has 48 heavy (non-hydrogen) atoms. The summed E-state index contributed by atoms with van der Waals surface area (Å²) in [4.78, 5) is 41.1. The van der Waals surface area contributed by atoms with Gasteiger partial charge in [-0.05, 0) is 99.5 Å². The number of carbonyl (C=O) groups is 3. The van der Waals surface area contributed by atoms with E-state index < -0.39 is 45.1 Å². The first kappa shape index (κ1) is 37.5. The van der Waals surface area contributed by atoms with E-state index >= 15 is 0 Å². The van der Waals surface area contributed by atoms with Crippen LogP contribution in [0.5, 0.6) is 0 Å². The zero-order chi connectivity index (χ0) is 36.0. The van der Waals surface area contributed by atoms with Crippen LogP contribution in [0.2, 0.25) is 0 Å². The molecule has 2 N–H and O–H groups in total. The van der Waals surface area contributed by atoms with Gasteiger partial charge in [0.1, 0.15) is 12.2 Å². The van der Waals surface area contributed by atoms with Gasteiger partial charge in [0.25, 0.3) is 0 Å². The van der Waals surface area contributed by atoms with Crippen molar-refractivity contribution in [1.82, 2.24) is 5.32 Å². The van der Waals surface area contributed by atoms with Gasteiger partial charge in [0, 0.05) is 28.7 Å². The minimum Gasteiger partial charge on any atom is -0.481 e. The van der Waals surface area contributed by atoms with Crippen molar-refractivity contribution in [2.45, 2.75) is 139 Å². The summed E-state index contributed by atoms with van der Waals surface area (Å²) < 4.78 is 19.8. The van der Waals surface area contributed by atoms with Gasteiger partial charge >= 0.3 is 11.9 Å². The maximum absolute atomic E-state index is 15.0. The van der Waals surface area contributed by atoms with Crippen LogP contribution in [0.1, 0.15) is 115 Å². The average molecular weight is 672 g/mol. The van der Waals surface area contributed by atoms with Crippen molar-refractivity contribution in [2.24, 2.45) is 62.6 Å². The van der Waals surface area contributed by atoms with Gasteiger partial charge in [-0.3, -0.25) is 14.4 Å². The van der Waals surface area contributed by atoms with Crippen molar-refractivity contribution in [2.75, 3.05) is 20.3 Å². The number of hydrogen-bond acceptors (Lipinski definition) is 7. The van der Waals surface area contributed by atoms with Crippen LogP contribution in [0.15, 0.2) is 11.6 Å². The Labute approximate surface area is 289 Å². The number of allylic oxidation sites excluding steroid dienone is 1. The van der Waals surface area contributed by atoms with E-state index in [0.717, 1.165) is 31.3 Å². The fourth-order valence-electron chi connectivity index (χ4n) is 12.1. The molecule has 1 heterocycles. The molecule has 1 aliphatic heterocycles. The molecule has 0 aromatic carbocycles. The van der Waals surface area contributed by atoms with Gasteiger partial charge in [-0.2, -0.15) is 0 Å². The van der Waals surface area contributed by atoms with Crippen molar-refractivity contribution in [3.63, 3.8) is 0 Å². The fraction of sp³-hybridized carbons (Fsp3) is 0.875. The van der Waals surface area contributed by atoms with Gasteiger partial charge < -0.3 is 24.6 Å². The number of esters is 1.